The third kappa shape index (κ3) is 3.14. The smallest absolute Gasteiger partial charge is 0.240 e. The largest absolute Gasteiger partial charge is 0.378 e. The first-order valence-electron chi connectivity index (χ1n) is 6.25. The summed E-state index contributed by atoms with van der Waals surface area (Å²) in [6.45, 7) is 0.420. The molecule has 0 unspecified atom stereocenters. The lowest BCUT2D eigenvalue weighted by molar-refractivity contribution is 0.411. The Morgan fingerprint density at radius 3 is 2.60 bits per heavy atom. The van der Waals surface area contributed by atoms with Gasteiger partial charge in [0.1, 0.15) is 0 Å². The molecule has 7 nitrogen and oxygen atoms in total. The van der Waals surface area contributed by atoms with Gasteiger partial charge in [0.2, 0.25) is 16.4 Å². The van der Waals surface area contributed by atoms with E-state index in [4.69, 9.17) is 0 Å². The highest BCUT2D eigenvalue weighted by Gasteiger charge is 2.27. The molecule has 8 heteroatoms. The fourth-order valence-electron chi connectivity index (χ4n) is 1.69. The van der Waals surface area contributed by atoms with E-state index >= 15 is 0 Å². The van der Waals surface area contributed by atoms with Gasteiger partial charge in [0.25, 0.3) is 0 Å². The summed E-state index contributed by atoms with van der Waals surface area (Å²) in [6.07, 6.45) is 3.10. The number of anilines is 1. The van der Waals surface area contributed by atoms with E-state index in [9.17, 15) is 8.42 Å². The standard InChI is InChI=1S/C12H14N4O3S/c17-20(18,16-10-1-2-10)11-5-3-9(4-6-11)13-7-12-14-8-19-15-12/h3-6,8,10,13,16H,1-2,7H2. The molecule has 1 aliphatic carbocycles. The zero-order valence-corrected chi connectivity index (χ0v) is 11.4. The van der Waals surface area contributed by atoms with Gasteiger partial charge in [-0.05, 0) is 37.1 Å². The van der Waals surface area contributed by atoms with Gasteiger partial charge in [0, 0.05) is 11.7 Å². The van der Waals surface area contributed by atoms with Crippen molar-refractivity contribution in [3.8, 4) is 0 Å². The van der Waals surface area contributed by atoms with E-state index in [1.54, 1.807) is 24.3 Å². The zero-order chi connectivity index (χ0) is 14.0. The molecule has 1 aromatic heterocycles. The second kappa shape index (κ2) is 5.22. The minimum Gasteiger partial charge on any atom is -0.378 e. The summed E-state index contributed by atoms with van der Waals surface area (Å²) in [5, 5.41) is 6.75. The molecule has 1 aliphatic rings. The maximum Gasteiger partial charge on any atom is 0.240 e. The molecular formula is C12H14N4O3S. The van der Waals surface area contributed by atoms with Crippen molar-refractivity contribution < 1.29 is 12.9 Å². The third-order valence-corrected chi connectivity index (χ3v) is 4.46. The Hall–Kier alpha value is -1.93. The molecule has 1 heterocycles. The van der Waals surface area contributed by atoms with Crippen LogP contribution in [0.15, 0.2) is 40.1 Å². The average molecular weight is 294 g/mol. The lowest BCUT2D eigenvalue weighted by Gasteiger charge is -2.07. The molecule has 0 aliphatic heterocycles. The van der Waals surface area contributed by atoms with Crippen LogP contribution >= 0.6 is 0 Å². The van der Waals surface area contributed by atoms with Gasteiger partial charge in [-0.3, -0.25) is 0 Å². The fourth-order valence-corrected chi connectivity index (χ4v) is 3.00. The molecule has 106 valence electrons. The van der Waals surface area contributed by atoms with Crippen molar-refractivity contribution in [1.82, 2.24) is 14.9 Å². The number of nitrogens with one attached hydrogen (secondary N) is 2. The van der Waals surface area contributed by atoms with Crippen LogP contribution in [0.2, 0.25) is 0 Å². The molecular weight excluding hydrogens is 280 g/mol. The van der Waals surface area contributed by atoms with E-state index in [0.29, 0.717) is 12.4 Å². The van der Waals surface area contributed by atoms with Gasteiger partial charge in [-0.15, -0.1) is 0 Å². The van der Waals surface area contributed by atoms with E-state index < -0.39 is 10.0 Å². The summed E-state index contributed by atoms with van der Waals surface area (Å²) in [4.78, 5) is 4.15. The molecule has 1 saturated carbocycles. The predicted octanol–water partition coefficient (Wildman–Crippen LogP) is 1.12. The van der Waals surface area contributed by atoms with Crippen LogP contribution in [0.4, 0.5) is 5.69 Å². The van der Waals surface area contributed by atoms with Crippen molar-refractivity contribution in [2.24, 2.45) is 0 Å². The highest BCUT2D eigenvalue weighted by molar-refractivity contribution is 7.89. The van der Waals surface area contributed by atoms with Crippen LogP contribution < -0.4 is 10.0 Å². The number of hydrogen-bond acceptors (Lipinski definition) is 6. The van der Waals surface area contributed by atoms with Crippen molar-refractivity contribution in [2.45, 2.75) is 30.3 Å². The van der Waals surface area contributed by atoms with E-state index in [1.807, 2.05) is 0 Å². The highest BCUT2D eigenvalue weighted by atomic mass is 32.2. The molecule has 3 rings (SSSR count). The zero-order valence-electron chi connectivity index (χ0n) is 10.6. The Morgan fingerprint density at radius 2 is 2.00 bits per heavy atom. The maximum absolute atomic E-state index is 12.0. The molecule has 0 amide bonds. The molecule has 1 aromatic carbocycles. The summed E-state index contributed by atoms with van der Waals surface area (Å²) in [7, 11) is -3.39. The first-order chi connectivity index (χ1) is 9.63. The number of hydrogen-bond donors (Lipinski definition) is 2. The van der Waals surface area contributed by atoms with Gasteiger partial charge < -0.3 is 9.84 Å². The number of benzene rings is 1. The molecule has 0 spiro atoms. The molecule has 0 bridgehead atoms. The van der Waals surface area contributed by atoms with Crippen molar-refractivity contribution in [3.63, 3.8) is 0 Å². The molecule has 0 radical (unpaired) electrons. The van der Waals surface area contributed by atoms with Crippen molar-refractivity contribution in [2.75, 3.05) is 5.32 Å². The molecule has 1 fully saturated rings. The lowest BCUT2D eigenvalue weighted by Crippen LogP contribution is -2.25. The van der Waals surface area contributed by atoms with E-state index in [0.717, 1.165) is 18.5 Å². The number of rotatable bonds is 6. The molecule has 0 atom stereocenters. The van der Waals surface area contributed by atoms with Gasteiger partial charge in [-0.25, -0.2) is 13.1 Å². The predicted molar refractivity (Wildman–Crippen MR) is 71.4 cm³/mol. The lowest BCUT2D eigenvalue weighted by atomic mass is 10.3. The summed E-state index contributed by atoms with van der Waals surface area (Å²) in [6, 6.07) is 6.67. The molecule has 0 saturated heterocycles. The molecule has 2 aromatic rings. The van der Waals surface area contributed by atoms with Crippen molar-refractivity contribution in [3.05, 3.63) is 36.5 Å². The van der Waals surface area contributed by atoms with Crippen molar-refractivity contribution >= 4 is 15.7 Å². The Labute approximate surface area is 116 Å². The average Bonchev–Trinajstić information content (AvgIpc) is 3.08. The fraction of sp³-hybridized carbons (Fsp3) is 0.333. The summed E-state index contributed by atoms with van der Waals surface area (Å²) >= 11 is 0. The van der Waals surface area contributed by atoms with Gasteiger partial charge in [-0.1, -0.05) is 5.16 Å². The van der Waals surface area contributed by atoms with Gasteiger partial charge >= 0.3 is 0 Å². The minimum absolute atomic E-state index is 0.107. The normalized spacial score (nSPS) is 15.2. The Morgan fingerprint density at radius 1 is 1.25 bits per heavy atom. The second-order valence-corrected chi connectivity index (χ2v) is 6.33. The molecule has 20 heavy (non-hydrogen) atoms. The van der Waals surface area contributed by atoms with Crippen LogP contribution in [0.5, 0.6) is 0 Å². The monoisotopic (exact) mass is 294 g/mol. The van der Waals surface area contributed by atoms with Crippen LogP contribution in [0.25, 0.3) is 0 Å². The van der Waals surface area contributed by atoms with Gasteiger partial charge in [0.15, 0.2) is 5.82 Å². The second-order valence-electron chi connectivity index (χ2n) is 4.62. The summed E-state index contributed by atoms with van der Waals surface area (Å²) in [5.41, 5.74) is 0.792. The van der Waals surface area contributed by atoms with Crippen LogP contribution in [0.1, 0.15) is 18.7 Å². The van der Waals surface area contributed by atoms with Gasteiger partial charge in [0.05, 0.1) is 11.4 Å². The number of sulfonamides is 1. The van der Waals surface area contributed by atoms with Crippen LogP contribution in [-0.4, -0.2) is 24.6 Å². The van der Waals surface area contributed by atoms with Crippen LogP contribution in [0.3, 0.4) is 0 Å². The Kier molecular flexibility index (Phi) is 3.41. The Balaban J connectivity index is 1.64. The number of aromatic nitrogens is 2. The first kappa shape index (κ1) is 13.1. The van der Waals surface area contributed by atoms with Gasteiger partial charge in [-0.2, -0.15) is 4.98 Å². The van der Waals surface area contributed by atoms with Crippen LogP contribution in [-0.2, 0) is 16.6 Å². The minimum atomic E-state index is -3.39. The maximum atomic E-state index is 12.0. The SMILES string of the molecule is O=S(=O)(NC1CC1)c1ccc(NCc2ncon2)cc1. The quantitative estimate of drug-likeness (QED) is 0.828. The van der Waals surface area contributed by atoms with E-state index in [1.165, 1.54) is 6.39 Å². The molecule has 2 N–H and O–H groups in total. The Bertz CT molecular complexity index is 663. The topological polar surface area (TPSA) is 97.1 Å². The first-order valence-corrected chi connectivity index (χ1v) is 7.73. The summed E-state index contributed by atoms with van der Waals surface area (Å²) in [5.74, 6) is 0.539. The van der Waals surface area contributed by atoms with Crippen LogP contribution in [0, 0.1) is 0 Å². The van der Waals surface area contributed by atoms with E-state index in [-0.39, 0.29) is 10.9 Å². The number of nitrogens with zero attached hydrogens (tertiary/aromatic N) is 2. The van der Waals surface area contributed by atoms with E-state index in [2.05, 4.69) is 24.7 Å². The van der Waals surface area contributed by atoms with Crippen molar-refractivity contribution in [1.29, 1.82) is 0 Å². The highest BCUT2D eigenvalue weighted by Crippen LogP contribution is 2.22. The third-order valence-electron chi connectivity index (χ3n) is 2.92. The summed E-state index contributed by atoms with van der Waals surface area (Å²) < 4.78 is 31.2.